The first-order valence-electron chi connectivity index (χ1n) is 6.99. The van der Waals surface area contributed by atoms with Crippen molar-refractivity contribution in [2.45, 2.75) is 31.9 Å². The molecule has 0 aromatic heterocycles. The van der Waals surface area contributed by atoms with Crippen LogP contribution in [0.5, 0.6) is 5.75 Å². The van der Waals surface area contributed by atoms with Crippen molar-refractivity contribution >= 4 is 0 Å². The largest absolute Gasteiger partial charge is 0.490 e. The average molecular weight is 265 g/mol. The van der Waals surface area contributed by atoms with E-state index in [1.807, 2.05) is 0 Å². The van der Waals surface area contributed by atoms with E-state index in [2.05, 4.69) is 11.8 Å². The highest BCUT2D eigenvalue weighted by Crippen LogP contribution is 2.38. The first kappa shape index (κ1) is 12.9. The van der Waals surface area contributed by atoms with E-state index in [-0.39, 0.29) is 18.5 Å². The molecule has 2 atom stereocenters. The summed E-state index contributed by atoms with van der Waals surface area (Å²) in [6, 6.07) is 4.44. The van der Waals surface area contributed by atoms with Crippen molar-refractivity contribution < 1.29 is 14.2 Å². The smallest absolute Gasteiger partial charge is 0.124 e. The lowest BCUT2D eigenvalue weighted by atomic mass is 9.92. The van der Waals surface area contributed by atoms with Crippen LogP contribution in [0.3, 0.4) is 0 Å². The molecule has 19 heavy (non-hydrogen) atoms. The van der Waals surface area contributed by atoms with Crippen LogP contribution in [0, 0.1) is 11.7 Å². The Labute approximate surface area is 113 Å². The maximum Gasteiger partial charge on any atom is 0.124 e. The molecule has 2 unspecified atom stereocenters. The zero-order chi connectivity index (χ0) is 13.4. The summed E-state index contributed by atoms with van der Waals surface area (Å²) in [5, 5.41) is 10.2. The van der Waals surface area contributed by atoms with E-state index >= 15 is 0 Å². The molecule has 3 nitrogen and oxygen atoms in total. The minimum absolute atomic E-state index is 0.132. The second kappa shape index (κ2) is 5.10. The first-order valence-corrected chi connectivity index (χ1v) is 6.99. The van der Waals surface area contributed by atoms with E-state index in [0.29, 0.717) is 5.75 Å². The Morgan fingerprint density at radius 3 is 2.79 bits per heavy atom. The number of hydrogen-bond acceptors (Lipinski definition) is 3. The minimum atomic E-state index is -0.581. The molecule has 4 heteroatoms. The normalized spacial score (nSPS) is 28.8. The quantitative estimate of drug-likeness (QED) is 0.846. The first-order chi connectivity index (χ1) is 9.15. The van der Waals surface area contributed by atoms with Gasteiger partial charge in [0.25, 0.3) is 0 Å². The van der Waals surface area contributed by atoms with Gasteiger partial charge in [-0.15, -0.1) is 0 Å². The molecule has 1 aromatic carbocycles. The Morgan fingerprint density at radius 2 is 2.05 bits per heavy atom. The van der Waals surface area contributed by atoms with E-state index in [0.717, 1.165) is 37.4 Å². The van der Waals surface area contributed by atoms with E-state index in [4.69, 9.17) is 4.74 Å². The molecule has 2 heterocycles. The standard InChI is InChI=1S/C15H20FNO2/c1-10-4-6-17(7-5-10)15-12-8-11(16)2-3-14(12)19-9-13(15)18/h2-3,8,10,13,15,18H,4-7,9H2,1H3. The number of benzene rings is 1. The Bertz CT molecular complexity index is 457. The number of likely N-dealkylation sites (tertiary alicyclic amines) is 1. The van der Waals surface area contributed by atoms with Gasteiger partial charge in [0.15, 0.2) is 0 Å². The fourth-order valence-electron chi connectivity index (χ4n) is 3.10. The summed E-state index contributed by atoms with van der Waals surface area (Å²) in [6.45, 7) is 4.46. The van der Waals surface area contributed by atoms with Crippen molar-refractivity contribution in [3.8, 4) is 5.75 Å². The third kappa shape index (κ3) is 2.47. The van der Waals surface area contributed by atoms with Gasteiger partial charge in [-0.05, 0) is 50.0 Å². The predicted octanol–water partition coefficient (Wildman–Crippen LogP) is 2.35. The summed E-state index contributed by atoms with van der Waals surface area (Å²) < 4.78 is 19.0. The molecule has 1 saturated heterocycles. The molecular weight excluding hydrogens is 245 g/mol. The molecule has 0 radical (unpaired) electrons. The zero-order valence-corrected chi connectivity index (χ0v) is 11.2. The number of ether oxygens (including phenoxy) is 1. The SMILES string of the molecule is CC1CCN(C2c3cc(F)ccc3OCC2O)CC1. The van der Waals surface area contributed by atoms with Gasteiger partial charge in [0.2, 0.25) is 0 Å². The third-order valence-electron chi connectivity index (χ3n) is 4.28. The number of nitrogens with zero attached hydrogens (tertiary/aromatic N) is 1. The molecule has 2 aliphatic rings. The van der Waals surface area contributed by atoms with Crippen LogP contribution in [-0.4, -0.2) is 35.8 Å². The van der Waals surface area contributed by atoms with Gasteiger partial charge in [-0.25, -0.2) is 4.39 Å². The van der Waals surface area contributed by atoms with Gasteiger partial charge in [-0.3, -0.25) is 4.90 Å². The summed E-state index contributed by atoms with van der Waals surface area (Å²) >= 11 is 0. The van der Waals surface area contributed by atoms with Crippen LogP contribution in [-0.2, 0) is 0 Å². The lowest BCUT2D eigenvalue weighted by Crippen LogP contribution is -2.45. The molecule has 1 aromatic rings. The molecule has 2 aliphatic heterocycles. The summed E-state index contributed by atoms with van der Waals surface area (Å²) in [5.41, 5.74) is 0.785. The van der Waals surface area contributed by atoms with Gasteiger partial charge < -0.3 is 9.84 Å². The Balaban J connectivity index is 1.90. The fraction of sp³-hybridized carbons (Fsp3) is 0.600. The highest BCUT2D eigenvalue weighted by Gasteiger charge is 2.35. The van der Waals surface area contributed by atoms with E-state index < -0.39 is 6.10 Å². The highest BCUT2D eigenvalue weighted by molar-refractivity contribution is 5.39. The number of rotatable bonds is 1. The summed E-state index contributed by atoms with van der Waals surface area (Å²) in [7, 11) is 0. The maximum atomic E-state index is 13.5. The number of hydrogen-bond donors (Lipinski definition) is 1. The molecule has 1 N–H and O–H groups in total. The Kier molecular flexibility index (Phi) is 3.46. The van der Waals surface area contributed by atoms with Gasteiger partial charge in [-0.2, -0.15) is 0 Å². The van der Waals surface area contributed by atoms with Crippen molar-refractivity contribution in [3.63, 3.8) is 0 Å². The molecule has 104 valence electrons. The number of piperidine rings is 1. The fourth-order valence-corrected chi connectivity index (χ4v) is 3.10. The number of fused-ring (bicyclic) bond motifs is 1. The molecule has 3 rings (SSSR count). The average Bonchev–Trinajstić information content (AvgIpc) is 2.40. The predicted molar refractivity (Wildman–Crippen MR) is 70.6 cm³/mol. The van der Waals surface area contributed by atoms with Gasteiger partial charge >= 0.3 is 0 Å². The van der Waals surface area contributed by atoms with Crippen LogP contribution in [0.15, 0.2) is 18.2 Å². The molecule has 1 fully saturated rings. The Hall–Kier alpha value is -1.13. The molecule has 0 aliphatic carbocycles. The van der Waals surface area contributed by atoms with Crippen LogP contribution >= 0.6 is 0 Å². The maximum absolute atomic E-state index is 13.5. The van der Waals surface area contributed by atoms with Crippen LogP contribution in [0.1, 0.15) is 31.4 Å². The van der Waals surface area contributed by atoms with Crippen molar-refractivity contribution in [1.29, 1.82) is 0 Å². The molecule has 0 saturated carbocycles. The minimum Gasteiger partial charge on any atom is -0.490 e. The van der Waals surface area contributed by atoms with Crippen LogP contribution in [0.2, 0.25) is 0 Å². The molecular formula is C15H20FNO2. The topological polar surface area (TPSA) is 32.7 Å². The lowest BCUT2D eigenvalue weighted by molar-refractivity contribution is -0.0116. The van der Waals surface area contributed by atoms with E-state index in [9.17, 15) is 9.50 Å². The molecule has 0 amide bonds. The van der Waals surface area contributed by atoms with Crippen LogP contribution in [0.25, 0.3) is 0 Å². The van der Waals surface area contributed by atoms with Crippen LogP contribution < -0.4 is 4.74 Å². The second-order valence-electron chi connectivity index (χ2n) is 5.72. The zero-order valence-electron chi connectivity index (χ0n) is 11.2. The van der Waals surface area contributed by atoms with Crippen molar-refractivity contribution in [3.05, 3.63) is 29.6 Å². The van der Waals surface area contributed by atoms with Crippen molar-refractivity contribution in [2.75, 3.05) is 19.7 Å². The Morgan fingerprint density at radius 1 is 1.32 bits per heavy atom. The third-order valence-corrected chi connectivity index (χ3v) is 4.28. The second-order valence-corrected chi connectivity index (χ2v) is 5.72. The summed E-state index contributed by atoms with van der Waals surface area (Å²) in [5.74, 6) is 1.17. The molecule has 0 spiro atoms. The lowest BCUT2D eigenvalue weighted by Gasteiger charge is -2.41. The van der Waals surface area contributed by atoms with E-state index in [1.54, 1.807) is 6.07 Å². The summed E-state index contributed by atoms with van der Waals surface area (Å²) in [4.78, 5) is 2.27. The number of aliphatic hydroxyl groups excluding tert-OH is 1. The number of halogens is 1. The van der Waals surface area contributed by atoms with E-state index in [1.165, 1.54) is 12.1 Å². The van der Waals surface area contributed by atoms with Gasteiger partial charge in [0.1, 0.15) is 24.3 Å². The molecule has 0 bridgehead atoms. The number of aliphatic hydroxyl groups is 1. The summed E-state index contributed by atoms with van der Waals surface area (Å²) in [6.07, 6.45) is 1.69. The van der Waals surface area contributed by atoms with Gasteiger partial charge in [0.05, 0.1) is 6.04 Å². The van der Waals surface area contributed by atoms with Gasteiger partial charge in [-0.1, -0.05) is 6.92 Å². The van der Waals surface area contributed by atoms with Crippen molar-refractivity contribution in [1.82, 2.24) is 4.90 Å². The van der Waals surface area contributed by atoms with Crippen LogP contribution in [0.4, 0.5) is 4.39 Å². The highest BCUT2D eigenvalue weighted by atomic mass is 19.1. The van der Waals surface area contributed by atoms with Crippen molar-refractivity contribution in [2.24, 2.45) is 5.92 Å². The monoisotopic (exact) mass is 265 g/mol. The van der Waals surface area contributed by atoms with Gasteiger partial charge in [0, 0.05) is 5.56 Å².